The van der Waals surface area contributed by atoms with E-state index in [1.165, 1.54) is 23.1 Å². The lowest BCUT2D eigenvalue weighted by molar-refractivity contribution is 0.0312. The van der Waals surface area contributed by atoms with Gasteiger partial charge < -0.3 is 0 Å². The van der Waals surface area contributed by atoms with Crippen LogP contribution in [0.4, 0.5) is 0 Å². The normalized spacial score (nSPS) is 17.0. The molecule has 3 nitrogen and oxygen atoms in total. The maximum atomic E-state index is 5.99. The molecule has 1 aliphatic carbocycles. The van der Waals surface area contributed by atoms with Crippen molar-refractivity contribution < 1.29 is 4.84 Å². The van der Waals surface area contributed by atoms with E-state index >= 15 is 0 Å². The van der Waals surface area contributed by atoms with Gasteiger partial charge in [-0.3, -0.25) is 15.2 Å². The van der Waals surface area contributed by atoms with Crippen molar-refractivity contribution in [3.63, 3.8) is 0 Å². The van der Waals surface area contributed by atoms with Crippen molar-refractivity contribution >= 4 is 17.7 Å². The molecule has 0 aromatic heterocycles. The number of hydrogen-bond acceptors (Lipinski definition) is 3. The van der Waals surface area contributed by atoms with Crippen LogP contribution in [0.25, 0.3) is 6.08 Å². The van der Waals surface area contributed by atoms with Gasteiger partial charge >= 0.3 is 0 Å². The van der Waals surface area contributed by atoms with E-state index in [0.717, 1.165) is 30.1 Å². The van der Waals surface area contributed by atoms with Gasteiger partial charge in [-0.05, 0) is 88.8 Å². The Labute approximate surface area is 164 Å². The fourth-order valence-corrected chi connectivity index (χ4v) is 3.64. The molecular weight excluding hydrogens is 344 g/mol. The van der Waals surface area contributed by atoms with E-state index in [0.29, 0.717) is 18.7 Å². The van der Waals surface area contributed by atoms with Crippen molar-refractivity contribution in [2.45, 2.75) is 66.0 Å². The number of hydrogen-bond donors (Lipinski definition) is 1. The number of allylic oxidation sites excluding steroid dienone is 2. The first kappa shape index (κ1) is 21.0. The summed E-state index contributed by atoms with van der Waals surface area (Å²) in [4.78, 5) is 8.29. The molecule has 0 radical (unpaired) electrons. The predicted molar refractivity (Wildman–Crippen MR) is 112 cm³/mol. The summed E-state index contributed by atoms with van der Waals surface area (Å²) < 4.78 is 0. The van der Waals surface area contributed by atoms with Gasteiger partial charge in [-0.1, -0.05) is 23.7 Å². The van der Waals surface area contributed by atoms with Crippen LogP contribution in [0.15, 0.2) is 41.1 Å². The average molecular weight is 377 g/mol. The average Bonchev–Trinajstić information content (AvgIpc) is 2.58. The largest absolute Gasteiger partial charge is 0.296 e. The maximum Gasteiger partial charge on any atom is 0.0873 e. The van der Waals surface area contributed by atoms with Gasteiger partial charge in [-0.25, -0.2) is 0 Å². The van der Waals surface area contributed by atoms with E-state index in [9.17, 15) is 0 Å². The van der Waals surface area contributed by atoms with Crippen molar-refractivity contribution in [2.24, 2.45) is 0 Å². The van der Waals surface area contributed by atoms with Gasteiger partial charge in [0.05, 0.1) is 12.3 Å². The number of nitrogens with one attached hydrogen (secondary N) is 1. The van der Waals surface area contributed by atoms with Gasteiger partial charge in [-0.2, -0.15) is 0 Å². The minimum Gasteiger partial charge on any atom is -0.296 e. The molecule has 144 valence electrons. The summed E-state index contributed by atoms with van der Waals surface area (Å²) in [6, 6.07) is 9.03. The Morgan fingerprint density at radius 3 is 2.38 bits per heavy atom. The van der Waals surface area contributed by atoms with E-state index in [-0.39, 0.29) is 0 Å². The van der Waals surface area contributed by atoms with Crippen LogP contribution < -0.4 is 5.48 Å². The molecule has 0 amide bonds. The highest BCUT2D eigenvalue weighted by Crippen LogP contribution is 2.29. The quantitative estimate of drug-likeness (QED) is 0.457. The lowest BCUT2D eigenvalue weighted by Crippen LogP contribution is -2.40. The Morgan fingerprint density at radius 1 is 1.12 bits per heavy atom. The van der Waals surface area contributed by atoms with E-state index in [1.54, 1.807) is 0 Å². The summed E-state index contributed by atoms with van der Waals surface area (Å²) in [6.07, 6.45) is 5.60. The third kappa shape index (κ3) is 6.15. The van der Waals surface area contributed by atoms with Gasteiger partial charge in [0.2, 0.25) is 0 Å². The van der Waals surface area contributed by atoms with Gasteiger partial charge in [0.1, 0.15) is 0 Å². The van der Waals surface area contributed by atoms with Crippen molar-refractivity contribution in [2.75, 3.05) is 13.2 Å². The Bertz CT molecular complexity index is 624. The van der Waals surface area contributed by atoms with Crippen LogP contribution >= 0.6 is 11.6 Å². The molecule has 1 aromatic carbocycles. The van der Waals surface area contributed by atoms with Gasteiger partial charge in [0, 0.05) is 23.7 Å². The molecular formula is C22H33ClN2O. The van der Waals surface area contributed by atoms with Crippen LogP contribution in [0.1, 0.15) is 59.4 Å². The molecule has 0 aliphatic heterocycles. The van der Waals surface area contributed by atoms with Crippen LogP contribution in [0.5, 0.6) is 0 Å². The third-order valence-corrected chi connectivity index (χ3v) is 5.16. The predicted octanol–water partition coefficient (Wildman–Crippen LogP) is 5.82. The number of benzene rings is 1. The topological polar surface area (TPSA) is 24.5 Å². The molecule has 0 spiro atoms. The third-order valence-electron chi connectivity index (χ3n) is 4.91. The van der Waals surface area contributed by atoms with Crippen LogP contribution in [0.3, 0.4) is 0 Å². The highest BCUT2D eigenvalue weighted by atomic mass is 35.5. The van der Waals surface area contributed by atoms with Crippen molar-refractivity contribution in [3.8, 4) is 0 Å². The van der Waals surface area contributed by atoms with Crippen LogP contribution in [-0.4, -0.2) is 30.1 Å². The molecule has 0 saturated heterocycles. The Morgan fingerprint density at radius 2 is 1.77 bits per heavy atom. The summed E-state index contributed by atoms with van der Waals surface area (Å²) in [5.74, 6) is 0. The Kier molecular flexibility index (Phi) is 8.20. The number of rotatable bonds is 8. The van der Waals surface area contributed by atoms with Crippen LogP contribution in [0.2, 0.25) is 5.02 Å². The summed E-state index contributed by atoms with van der Waals surface area (Å²) in [6.45, 7) is 12.7. The maximum absolute atomic E-state index is 5.99. The monoisotopic (exact) mass is 376 g/mol. The molecule has 2 rings (SSSR count). The SMILES string of the molecule is CC1=C(NOCCN(C(C)C)C(C)C)C(=Cc2ccc(Cl)cc2)CCC1. The lowest BCUT2D eigenvalue weighted by Gasteiger charge is -2.30. The molecule has 0 bridgehead atoms. The van der Waals surface area contributed by atoms with Gasteiger partial charge in [0.25, 0.3) is 0 Å². The molecule has 26 heavy (non-hydrogen) atoms. The summed E-state index contributed by atoms with van der Waals surface area (Å²) in [7, 11) is 0. The summed E-state index contributed by atoms with van der Waals surface area (Å²) >= 11 is 5.99. The highest BCUT2D eigenvalue weighted by molar-refractivity contribution is 6.30. The van der Waals surface area contributed by atoms with Crippen molar-refractivity contribution in [1.29, 1.82) is 0 Å². The Balaban J connectivity index is 1.99. The van der Waals surface area contributed by atoms with Gasteiger partial charge in [0.15, 0.2) is 0 Å². The summed E-state index contributed by atoms with van der Waals surface area (Å²) in [5, 5.41) is 0.768. The number of hydroxylamine groups is 1. The number of halogens is 1. The molecule has 0 fully saturated rings. The molecule has 0 atom stereocenters. The standard InChI is InChI=1S/C22H33ClN2O/c1-16(2)25(17(3)4)13-14-26-24-22-18(5)7-6-8-20(22)15-19-9-11-21(23)12-10-19/h9-12,15-17,24H,6-8,13-14H2,1-5H3. The summed E-state index contributed by atoms with van der Waals surface area (Å²) in [5.41, 5.74) is 8.23. The molecule has 1 aromatic rings. The minimum absolute atomic E-state index is 0.523. The van der Waals surface area contributed by atoms with Gasteiger partial charge in [-0.15, -0.1) is 0 Å². The van der Waals surface area contributed by atoms with E-state index in [1.807, 2.05) is 12.1 Å². The van der Waals surface area contributed by atoms with Crippen molar-refractivity contribution in [1.82, 2.24) is 10.4 Å². The van der Waals surface area contributed by atoms with Crippen LogP contribution in [0, 0.1) is 0 Å². The molecule has 4 heteroatoms. The zero-order valence-electron chi connectivity index (χ0n) is 16.8. The van der Waals surface area contributed by atoms with E-state index < -0.39 is 0 Å². The molecule has 1 aliphatic rings. The second kappa shape index (κ2) is 10.1. The molecule has 0 saturated carbocycles. The van der Waals surface area contributed by atoms with Crippen molar-refractivity contribution in [3.05, 3.63) is 51.7 Å². The first-order valence-corrected chi connectivity index (χ1v) is 10.1. The van der Waals surface area contributed by atoms with E-state index in [2.05, 4.69) is 63.2 Å². The first-order valence-electron chi connectivity index (χ1n) is 9.68. The first-order chi connectivity index (χ1) is 12.4. The minimum atomic E-state index is 0.523. The second-order valence-electron chi connectivity index (χ2n) is 7.61. The fraction of sp³-hybridized carbons (Fsp3) is 0.545. The zero-order valence-corrected chi connectivity index (χ0v) is 17.6. The number of nitrogens with zero attached hydrogens (tertiary/aromatic N) is 1. The Hall–Kier alpha value is -1.29. The zero-order chi connectivity index (χ0) is 19.1. The fourth-order valence-electron chi connectivity index (χ4n) is 3.51. The molecule has 0 unspecified atom stereocenters. The molecule has 1 N–H and O–H groups in total. The highest BCUT2D eigenvalue weighted by Gasteiger charge is 2.16. The lowest BCUT2D eigenvalue weighted by atomic mass is 9.91. The molecule has 0 heterocycles. The second-order valence-corrected chi connectivity index (χ2v) is 8.04. The van der Waals surface area contributed by atoms with Crippen LogP contribution in [-0.2, 0) is 4.84 Å². The van der Waals surface area contributed by atoms with E-state index in [4.69, 9.17) is 16.4 Å². The smallest absolute Gasteiger partial charge is 0.0873 e.